The Balaban J connectivity index is 1.25. The SMILES string of the molecule is O=C(NCc1ccco1)c1c(N=Cc2ccccc2OCc2cccc3ccccc23)sc2c1CCCC2. The highest BCUT2D eigenvalue weighted by Crippen LogP contribution is 2.40. The van der Waals surface area contributed by atoms with Gasteiger partial charge in [0.2, 0.25) is 0 Å². The molecule has 0 aliphatic heterocycles. The fourth-order valence-corrected chi connectivity index (χ4v) is 6.20. The maximum absolute atomic E-state index is 13.3. The molecule has 0 unspecified atom stereocenters. The van der Waals surface area contributed by atoms with Crippen molar-refractivity contribution in [1.29, 1.82) is 0 Å². The van der Waals surface area contributed by atoms with Crippen LogP contribution in [0.3, 0.4) is 0 Å². The van der Waals surface area contributed by atoms with Crippen LogP contribution in [0.15, 0.2) is 94.5 Å². The van der Waals surface area contributed by atoms with Gasteiger partial charge in [-0.2, -0.15) is 0 Å². The second-order valence-electron chi connectivity index (χ2n) is 9.38. The minimum atomic E-state index is -0.103. The van der Waals surface area contributed by atoms with E-state index in [1.54, 1.807) is 17.6 Å². The summed E-state index contributed by atoms with van der Waals surface area (Å²) in [6.07, 6.45) is 7.59. The molecule has 6 rings (SSSR count). The molecular weight excluding hydrogens is 492 g/mol. The van der Waals surface area contributed by atoms with Crippen LogP contribution in [0.25, 0.3) is 10.8 Å². The number of rotatable bonds is 8. The fraction of sp³-hybridized carbons (Fsp3) is 0.188. The molecule has 1 aliphatic rings. The second kappa shape index (κ2) is 11.1. The molecule has 1 N–H and O–H groups in total. The second-order valence-corrected chi connectivity index (χ2v) is 10.5. The van der Waals surface area contributed by atoms with E-state index in [2.05, 4.69) is 41.7 Å². The summed E-state index contributed by atoms with van der Waals surface area (Å²) < 4.78 is 11.7. The molecule has 5 nitrogen and oxygen atoms in total. The van der Waals surface area contributed by atoms with E-state index in [1.165, 1.54) is 15.6 Å². The lowest BCUT2D eigenvalue weighted by atomic mass is 9.95. The minimum Gasteiger partial charge on any atom is -0.488 e. The molecule has 0 atom stereocenters. The molecule has 2 aromatic heterocycles. The van der Waals surface area contributed by atoms with Crippen molar-refractivity contribution >= 4 is 39.2 Å². The summed E-state index contributed by atoms with van der Waals surface area (Å²) >= 11 is 1.63. The average molecular weight is 521 g/mol. The number of nitrogens with one attached hydrogen (secondary N) is 1. The zero-order valence-corrected chi connectivity index (χ0v) is 21.8. The van der Waals surface area contributed by atoms with Gasteiger partial charge in [-0.15, -0.1) is 11.3 Å². The Morgan fingerprint density at radius 2 is 1.82 bits per heavy atom. The van der Waals surface area contributed by atoms with Crippen molar-refractivity contribution in [1.82, 2.24) is 5.32 Å². The van der Waals surface area contributed by atoms with Gasteiger partial charge >= 0.3 is 0 Å². The molecule has 0 spiro atoms. The highest BCUT2D eigenvalue weighted by atomic mass is 32.1. The van der Waals surface area contributed by atoms with Gasteiger partial charge in [0.05, 0.1) is 18.4 Å². The summed E-state index contributed by atoms with van der Waals surface area (Å²) in [5.74, 6) is 1.38. The lowest BCUT2D eigenvalue weighted by molar-refractivity contribution is 0.0948. The van der Waals surface area contributed by atoms with Gasteiger partial charge in [-0.05, 0) is 71.8 Å². The largest absolute Gasteiger partial charge is 0.488 e. The molecule has 0 saturated carbocycles. The first-order valence-electron chi connectivity index (χ1n) is 12.9. The molecule has 3 aromatic carbocycles. The highest BCUT2D eigenvalue weighted by Gasteiger charge is 2.25. The van der Waals surface area contributed by atoms with Crippen LogP contribution < -0.4 is 10.1 Å². The number of amides is 1. The molecule has 0 fully saturated rings. The summed E-state index contributed by atoms with van der Waals surface area (Å²) in [5.41, 5.74) is 3.85. The first kappa shape index (κ1) is 24.2. The predicted octanol–water partition coefficient (Wildman–Crippen LogP) is 7.63. The van der Waals surface area contributed by atoms with E-state index in [9.17, 15) is 4.79 Å². The number of nitrogens with zero attached hydrogens (tertiary/aromatic N) is 1. The van der Waals surface area contributed by atoms with Gasteiger partial charge in [0, 0.05) is 16.7 Å². The summed E-state index contributed by atoms with van der Waals surface area (Å²) in [5, 5.41) is 6.15. The molecule has 1 aliphatic carbocycles. The Kier molecular flexibility index (Phi) is 7.05. The maximum atomic E-state index is 13.3. The number of aliphatic imine (C=N–C) groups is 1. The number of ether oxygens (including phenoxy) is 1. The fourth-order valence-electron chi connectivity index (χ4n) is 4.97. The molecule has 0 radical (unpaired) electrons. The van der Waals surface area contributed by atoms with Crippen LogP contribution in [0.1, 0.15) is 50.5 Å². The van der Waals surface area contributed by atoms with Crippen LogP contribution in [0, 0.1) is 0 Å². The summed E-state index contributed by atoms with van der Waals surface area (Å²) in [6, 6.07) is 26.2. The van der Waals surface area contributed by atoms with E-state index in [0.717, 1.165) is 58.9 Å². The van der Waals surface area contributed by atoms with E-state index in [4.69, 9.17) is 14.1 Å². The summed E-state index contributed by atoms with van der Waals surface area (Å²) in [6.45, 7) is 0.810. The van der Waals surface area contributed by atoms with Gasteiger partial charge in [-0.1, -0.05) is 54.6 Å². The van der Waals surface area contributed by atoms with Gasteiger partial charge in [0.1, 0.15) is 23.1 Å². The molecule has 38 heavy (non-hydrogen) atoms. The number of carbonyl (C=O) groups excluding carboxylic acids is 1. The minimum absolute atomic E-state index is 0.103. The van der Waals surface area contributed by atoms with Gasteiger partial charge in [0.15, 0.2) is 0 Å². The number of fused-ring (bicyclic) bond motifs is 2. The van der Waals surface area contributed by atoms with Crippen molar-refractivity contribution in [3.05, 3.63) is 118 Å². The average Bonchev–Trinajstić information content (AvgIpc) is 3.62. The first-order chi connectivity index (χ1) is 18.8. The van der Waals surface area contributed by atoms with Gasteiger partial charge < -0.3 is 14.5 Å². The number of para-hydroxylation sites is 1. The van der Waals surface area contributed by atoms with E-state index >= 15 is 0 Å². The van der Waals surface area contributed by atoms with E-state index in [-0.39, 0.29) is 5.91 Å². The molecule has 5 aromatic rings. The third-order valence-corrected chi connectivity index (χ3v) is 8.09. The van der Waals surface area contributed by atoms with Gasteiger partial charge in [-0.25, -0.2) is 4.99 Å². The zero-order chi connectivity index (χ0) is 25.7. The third-order valence-electron chi connectivity index (χ3n) is 6.89. The van der Waals surface area contributed by atoms with Crippen LogP contribution in [0.5, 0.6) is 5.75 Å². The van der Waals surface area contributed by atoms with Gasteiger partial charge in [-0.3, -0.25) is 4.79 Å². The first-order valence-corrected chi connectivity index (χ1v) is 13.8. The number of thiophene rings is 1. The number of hydrogen-bond donors (Lipinski definition) is 1. The maximum Gasteiger partial charge on any atom is 0.255 e. The van der Waals surface area contributed by atoms with Crippen molar-refractivity contribution < 1.29 is 13.9 Å². The lowest BCUT2D eigenvalue weighted by Crippen LogP contribution is -2.23. The Morgan fingerprint density at radius 1 is 0.974 bits per heavy atom. The van der Waals surface area contributed by atoms with Crippen molar-refractivity contribution in [2.75, 3.05) is 0 Å². The smallest absolute Gasteiger partial charge is 0.255 e. The number of aryl methyl sites for hydroxylation is 1. The standard InChI is InChI=1S/C32H28N2O3S/c35-31(33-20-25-13-8-18-36-25)30-27-15-4-6-17-29(27)38-32(30)34-19-23-10-2-5-16-28(23)37-21-24-12-7-11-22-9-1-3-14-26(22)24/h1-3,5,7-14,16,18-19H,4,6,15,17,20-21H2,(H,33,35). The molecule has 6 heteroatoms. The molecule has 0 bridgehead atoms. The number of carbonyl (C=O) groups is 1. The normalized spacial score (nSPS) is 13.1. The van der Waals surface area contributed by atoms with Crippen LogP contribution >= 0.6 is 11.3 Å². The number of hydrogen-bond acceptors (Lipinski definition) is 5. The van der Waals surface area contributed by atoms with E-state index in [0.29, 0.717) is 18.7 Å². The Hall–Kier alpha value is -4.16. The molecule has 2 heterocycles. The van der Waals surface area contributed by atoms with Crippen molar-refractivity contribution in [3.63, 3.8) is 0 Å². The lowest BCUT2D eigenvalue weighted by Gasteiger charge is -2.12. The van der Waals surface area contributed by atoms with Crippen LogP contribution in [0.4, 0.5) is 5.00 Å². The number of benzene rings is 3. The molecule has 0 saturated heterocycles. The topological polar surface area (TPSA) is 63.8 Å². The van der Waals surface area contributed by atoms with Crippen LogP contribution in [0.2, 0.25) is 0 Å². The molecule has 190 valence electrons. The van der Waals surface area contributed by atoms with Gasteiger partial charge in [0.25, 0.3) is 5.91 Å². The van der Waals surface area contributed by atoms with Crippen molar-refractivity contribution in [3.8, 4) is 5.75 Å². The summed E-state index contributed by atoms with van der Waals surface area (Å²) in [4.78, 5) is 19.4. The third kappa shape index (κ3) is 5.13. The van der Waals surface area contributed by atoms with Crippen molar-refractivity contribution in [2.45, 2.75) is 38.8 Å². The van der Waals surface area contributed by atoms with E-state index in [1.807, 2.05) is 48.7 Å². The molecular formula is C32H28N2O3S. The highest BCUT2D eigenvalue weighted by molar-refractivity contribution is 7.16. The zero-order valence-electron chi connectivity index (χ0n) is 21.0. The summed E-state index contributed by atoms with van der Waals surface area (Å²) in [7, 11) is 0. The Bertz CT molecular complexity index is 1600. The monoisotopic (exact) mass is 520 g/mol. The van der Waals surface area contributed by atoms with Crippen LogP contribution in [-0.2, 0) is 26.0 Å². The van der Waals surface area contributed by atoms with Crippen LogP contribution in [-0.4, -0.2) is 12.1 Å². The Morgan fingerprint density at radius 3 is 2.74 bits per heavy atom. The quantitative estimate of drug-likeness (QED) is 0.214. The Labute approximate surface area is 225 Å². The van der Waals surface area contributed by atoms with Crippen molar-refractivity contribution in [2.24, 2.45) is 4.99 Å². The van der Waals surface area contributed by atoms with E-state index < -0.39 is 0 Å². The molecule has 1 amide bonds. The predicted molar refractivity (Wildman–Crippen MR) is 153 cm³/mol. The number of furan rings is 1.